The third kappa shape index (κ3) is 5.45. The van der Waals surface area contributed by atoms with E-state index >= 15 is 0 Å². The number of anilines is 2. The molecule has 0 amide bonds. The number of nitrogens with one attached hydrogen (secondary N) is 1. The molecule has 36 heavy (non-hydrogen) atoms. The van der Waals surface area contributed by atoms with Crippen molar-refractivity contribution in [3.05, 3.63) is 47.5 Å². The van der Waals surface area contributed by atoms with Crippen molar-refractivity contribution in [2.75, 3.05) is 58.4 Å². The van der Waals surface area contributed by atoms with Crippen molar-refractivity contribution >= 4 is 40.0 Å². The average molecular weight is 516 g/mol. The summed E-state index contributed by atoms with van der Waals surface area (Å²) in [5.74, 6) is 1.09. The van der Waals surface area contributed by atoms with Gasteiger partial charge >= 0.3 is 5.97 Å². The first kappa shape index (κ1) is 24.5. The minimum Gasteiger partial charge on any atom is -0.493 e. The van der Waals surface area contributed by atoms with Crippen LogP contribution in [-0.2, 0) is 9.53 Å². The van der Waals surface area contributed by atoms with Crippen LogP contribution in [0.4, 0.5) is 15.9 Å². The molecule has 0 spiro atoms. The minimum atomic E-state index is -0.486. The van der Waals surface area contributed by atoms with Crippen LogP contribution >= 0.6 is 11.6 Å². The molecule has 11 heteroatoms. The van der Waals surface area contributed by atoms with E-state index in [0.717, 1.165) is 38.0 Å². The number of piperazine rings is 1. The zero-order valence-electron chi connectivity index (χ0n) is 19.9. The van der Waals surface area contributed by atoms with Crippen LogP contribution in [0.25, 0.3) is 10.9 Å². The number of benzene rings is 2. The van der Waals surface area contributed by atoms with Crippen LogP contribution in [0.2, 0.25) is 5.02 Å². The highest BCUT2D eigenvalue weighted by Gasteiger charge is 2.32. The molecule has 0 aliphatic carbocycles. The number of ether oxygens (including phenoxy) is 3. The van der Waals surface area contributed by atoms with Crippen molar-refractivity contribution in [1.82, 2.24) is 19.8 Å². The number of hydrogen-bond donors (Lipinski definition) is 1. The highest BCUT2D eigenvalue weighted by molar-refractivity contribution is 6.31. The molecule has 2 aromatic carbocycles. The SMILES string of the molecule is COc1cc2c(Nc3ccc(F)c(Cl)c3)ncnc2cc1OCCCN1CCN2CC(=O)OCC2C1. The van der Waals surface area contributed by atoms with E-state index in [0.29, 0.717) is 48.3 Å². The third-order valence-electron chi connectivity index (χ3n) is 6.44. The molecule has 0 bridgehead atoms. The fourth-order valence-electron chi connectivity index (χ4n) is 4.54. The molecule has 3 heterocycles. The molecular formula is C25H27ClFN5O4. The Balaban J connectivity index is 1.21. The number of nitrogens with zero attached hydrogens (tertiary/aromatic N) is 4. The molecule has 5 rings (SSSR count). The molecule has 2 aliphatic heterocycles. The van der Waals surface area contributed by atoms with Gasteiger partial charge in [-0.25, -0.2) is 14.4 Å². The van der Waals surface area contributed by atoms with Crippen LogP contribution in [0.15, 0.2) is 36.7 Å². The maximum Gasteiger partial charge on any atom is 0.320 e. The standard InChI is InChI=1S/C25H27ClFN5O4/c1-34-22-10-18-21(28-15-29-25(18)30-16-3-4-20(27)19(26)9-16)11-23(22)35-8-2-5-31-6-7-32-13-24(33)36-14-17(32)12-31/h3-4,9-11,15,17H,2,5-8,12-14H2,1H3,(H,28,29,30). The van der Waals surface area contributed by atoms with Crippen LogP contribution in [0.3, 0.4) is 0 Å². The topological polar surface area (TPSA) is 89.0 Å². The van der Waals surface area contributed by atoms with E-state index in [-0.39, 0.29) is 17.0 Å². The van der Waals surface area contributed by atoms with Crippen LogP contribution in [0.1, 0.15) is 6.42 Å². The normalized spacial score (nSPS) is 18.5. The second-order valence-electron chi connectivity index (χ2n) is 8.81. The van der Waals surface area contributed by atoms with Gasteiger partial charge in [0, 0.05) is 43.3 Å². The van der Waals surface area contributed by atoms with Gasteiger partial charge in [0.15, 0.2) is 11.5 Å². The summed E-state index contributed by atoms with van der Waals surface area (Å²) in [4.78, 5) is 24.8. The van der Waals surface area contributed by atoms with Gasteiger partial charge in [0.1, 0.15) is 24.6 Å². The fourth-order valence-corrected chi connectivity index (χ4v) is 4.72. The molecule has 9 nitrogen and oxygen atoms in total. The van der Waals surface area contributed by atoms with E-state index in [2.05, 4.69) is 25.1 Å². The maximum atomic E-state index is 13.5. The number of rotatable bonds is 8. The summed E-state index contributed by atoms with van der Waals surface area (Å²) in [7, 11) is 1.58. The lowest BCUT2D eigenvalue weighted by molar-refractivity contribution is -0.157. The van der Waals surface area contributed by atoms with Crippen LogP contribution in [0.5, 0.6) is 11.5 Å². The maximum absolute atomic E-state index is 13.5. The molecule has 1 atom stereocenters. The molecule has 2 saturated heterocycles. The van der Waals surface area contributed by atoms with Crippen molar-refractivity contribution in [3.8, 4) is 11.5 Å². The number of aromatic nitrogens is 2. The minimum absolute atomic E-state index is 0.0238. The summed E-state index contributed by atoms with van der Waals surface area (Å²) in [6, 6.07) is 8.30. The van der Waals surface area contributed by atoms with E-state index < -0.39 is 5.82 Å². The summed E-state index contributed by atoms with van der Waals surface area (Å²) in [6.45, 7) is 4.96. The van der Waals surface area contributed by atoms with Crippen LogP contribution in [0, 0.1) is 5.82 Å². The number of methoxy groups -OCH3 is 1. The lowest BCUT2D eigenvalue weighted by atomic mass is 10.1. The largest absolute Gasteiger partial charge is 0.493 e. The van der Waals surface area contributed by atoms with Gasteiger partial charge in [-0.15, -0.1) is 0 Å². The summed E-state index contributed by atoms with van der Waals surface area (Å²) >= 11 is 5.90. The molecule has 0 radical (unpaired) electrons. The molecule has 2 aliphatic rings. The number of hydrogen-bond acceptors (Lipinski definition) is 9. The van der Waals surface area contributed by atoms with Gasteiger partial charge in [0.05, 0.1) is 36.8 Å². The smallest absolute Gasteiger partial charge is 0.320 e. The Kier molecular flexibility index (Phi) is 7.35. The first-order valence-electron chi connectivity index (χ1n) is 11.8. The zero-order chi connectivity index (χ0) is 25.1. The molecule has 1 unspecified atom stereocenters. The second kappa shape index (κ2) is 10.8. The molecular weight excluding hydrogens is 489 g/mol. The lowest BCUT2D eigenvalue weighted by Crippen LogP contribution is -2.59. The van der Waals surface area contributed by atoms with Crippen molar-refractivity contribution in [2.24, 2.45) is 0 Å². The predicted octanol–water partition coefficient (Wildman–Crippen LogP) is 3.49. The summed E-state index contributed by atoms with van der Waals surface area (Å²) in [5.41, 5.74) is 1.28. The lowest BCUT2D eigenvalue weighted by Gasteiger charge is -2.42. The number of morpholine rings is 1. The fraction of sp³-hybridized carbons (Fsp3) is 0.400. The van der Waals surface area contributed by atoms with E-state index in [9.17, 15) is 9.18 Å². The average Bonchev–Trinajstić information content (AvgIpc) is 2.88. The first-order chi connectivity index (χ1) is 17.5. The predicted molar refractivity (Wildman–Crippen MR) is 134 cm³/mol. The van der Waals surface area contributed by atoms with Gasteiger partial charge in [0.25, 0.3) is 0 Å². The number of fused-ring (bicyclic) bond motifs is 2. The van der Waals surface area contributed by atoms with Crippen molar-refractivity contribution in [2.45, 2.75) is 12.5 Å². The van der Waals surface area contributed by atoms with Crippen molar-refractivity contribution < 1.29 is 23.4 Å². The Labute approximate surface area is 213 Å². The molecule has 0 saturated carbocycles. The van der Waals surface area contributed by atoms with Gasteiger partial charge in [-0.3, -0.25) is 9.69 Å². The molecule has 2 fully saturated rings. The van der Waals surface area contributed by atoms with Crippen molar-refractivity contribution in [3.63, 3.8) is 0 Å². The highest BCUT2D eigenvalue weighted by atomic mass is 35.5. The summed E-state index contributed by atoms with van der Waals surface area (Å²) in [6.07, 6.45) is 2.30. The van der Waals surface area contributed by atoms with E-state index in [1.54, 1.807) is 13.2 Å². The van der Waals surface area contributed by atoms with Crippen LogP contribution in [-0.4, -0.2) is 84.8 Å². The summed E-state index contributed by atoms with van der Waals surface area (Å²) < 4.78 is 30.4. The van der Waals surface area contributed by atoms with Crippen LogP contribution < -0.4 is 14.8 Å². The van der Waals surface area contributed by atoms with E-state index in [4.69, 9.17) is 25.8 Å². The number of esters is 1. The van der Waals surface area contributed by atoms with Gasteiger partial charge in [0.2, 0.25) is 0 Å². The number of halogens is 2. The van der Waals surface area contributed by atoms with Gasteiger partial charge < -0.3 is 24.4 Å². The quantitative estimate of drug-likeness (QED) is 0.357. The number of carbonyl (C=O) groups is 1. The Hall–Kier alpha value is -3.21. The zero-order valence-corrected chi connectivity index (χ0v) is 20.6. The Bertz CT molecular complexity index is 1260. The van der Waals surface area contributed by atoms with E-state index in [1.807, 2.05) is 12.1 Å². The highest BCUT2D eigenvalue weighted by Crippen LogP contribution is 2.35. The van der Waals surface area contributed by atoms with Gasteiger partial charge in [-0.1, -0.05) is 11.6 Å². The van der Waals surface area contributed by atoms with Gasteiger partial charge in [-0.2, -0.15) is 0 Å². The number of carbonyl (C=O) groups excluding carboxylic acids is 1. The number of cyclic esters (lactones) is 1. The molecule has 1 aromatic heterocycles. The third-order valence-corrected chi connectivity index (χ3v) is 6.73. The first-order valence-corrected chi connectivity index (χ1v) is 12.2. The van der Waals surface area contributed by atoms with Gasteiger partial charge in [-0.05, 0) is 30.7 Å². The monoisotopic (exact) mass is 515 g/mol. The summed E-state index contributed by atoms with van der Waals surface area (Å²) in [5, 5.41) is 3.92. The second-order valence-corrected chi connectivity index (χ2v) is 9.21. The van der Waals surface area contributed by atoms with Crippen molar-refractivity contribution in [1.29, 1.82) is 0 Å². The molecule has 3 aromatic rings. The Morgan fingerprint density at radius 3 is 2.94 bits per heavy atom. The Morgan fingerprint density at radius 1 is 1.22 bits per heavy atom. The molecule has 190 valence electrons. The Morgan fingerprint density at radius 2 is 2.11 bits per heavy atom. The van der Waals surface area contributed by atoms with E-state index in [1.165, 1.54) is 18.5 Å². The molecule has 1 N–H and O–H groups in total.